The number of hydrogen-bond acceptors (Lipinski definition) is 2. The Balaban J connectivity index is 1.90. The summed E-state index contributed by atoms with van der Waals surface area (Å²) >= 11 is 6.89. The van der Waals surface area contributed by atoms with E-state index in [0.717, 1.165) is 15.6 Å². The molecule has 2 aromatic carbocycles. The van der Waals surface area contributed by atoms with Crippen molar-refractivity contribution in [1.82, 2.24) is 4.98 Å². The lowest BCUT2D eigenvalue weighted by Crippen LogP contribution is -2.00. The van der Waals surface area contributed by atoms with Crippen LogP contribution in [0.2, 0.25) is 0 Å². The summed E-state index contributed by atoms with van der Waals surface area (Å²) < 4.78 is 20.3. The largest absolute Gasteiger partial charge is 0.441 e. The zero-order valence-corrected chi connectivity index (χ0v) is 13.5. The van der Waals surface area contributed by atoms with Crippen molar-refractivity contribution in [3.8, 4) is 0 Å². The van der Waals surface area contributed by atoms with Crippen LogP contribution in [-0.2, 0) is 6.42 Å². The minimum atomic E-state index is -0.252. The Morgan fingerprint density at radius 1 is 1.15 bits per heavy atom. The van der Waals surface area contributed by atoms with E-state index in [1.165, 1.54) is 6.07 Å². The van der Waals surface area contributed by atoms with Gasteiger partial charge in [0.25, 0.3) is 0 Å². The van der Waals surface area contributed by atoms with Crippen molar-refractivity contribution < 1.29 is 8.81 Å². The van der Waals surface area contributed by atoms with Crippen molar-refractivity contribution in [2.75, 3.05) is 0 Å². The summed E-state index contributed by atoms with van der Waals surface area (Å²) in [5, 5.41) is 0. The maximum Gasteiger partial charge on any atom is 0.196 e. The average molecular weight is 399 g/mol. The molecule has 1 aromatic heterocycles. The van der Waals surface area contributed by atoms with Crippen molar-refractivity contribution >= 4 is 43.0 Å². The van der Waals surface area contributed by atoms with Crippen molar-refractivity contribution in [3.63, 3.8) is 0 Å². The van der Waals surface area contributed by atoms with Gasteiger partial charge in [-0.25, -0.2) is 9.37 Å². The van der Waals surface area contributed by atoms with E-state index in [9.17, 15) is 4.39 Å². The Bertz CT molecular complexity index is 703. The predicted octanol–water partition coefficient (Wildman–Crippen LogP) is 5.41. The highest BCUT2D eigenvalue weighted by Crippen LogP contribution is 2.34. The fraction of sp³-hybridized carbons (Fsp3) is 0.133. The molecule has 0 saturated heterocycles. The molecule has 0 aliphatic rings. The molecule has 0 spiro atoms. The lowest BCUT2D eigenvalue weighted by Gasteiger charge is -2.11. The van der Waals surface area contributed by atoms with Crippen LogP contribution in [-0.4, -0.2) is 4.98 Å². The number of aromatic nitrogens is 1. The van der Waals surface area contributed by atoms with E-state index in [4.69, 9.17) is 4.42 Å². The Kier molecular flexibility index (Phi) is 3.89. The van der Waals surface area contributed by atoms with Gasteiger partial charge in [-0.3, -0.25) is 0 Å². The number of hydrogen-bond donors (Lipinski definition) is 0. The van der Waals surface area contributed by atoms with Crippen LogP contribution in [0.1, 0.15) is 16.3 Å². The van der Waals surface area contributed by atoms with Crippen LogP contribution < -0.4 is 0 Å². The maximum atomic E-state index is 13.9. The molecule has 1 atom stereocenters. The van der Waals surface area contributed by atoms with Crippen LogP contribution in [0.4, 0.5) is 4.39 Å². The van der Waals surface area contributed by atoms with Gasteiger partial charge in [0.1, 0.15) is 11.3 Å². The minimum absolute atomic E-state index is 0.203. The smallest absolute Gasteiger partial charge is 0.196 e. The summed E-state index contributed by atoms with van der Waals surface area (Å²) in [5.74, 6) is 0.334. The van der Waals surface area contributed by atoms with Gasteiger partial charge in [-0.2, -0.15) is 0 Å². The van der Waals surface area contributed by atoms with E-state index in [-0.39, 0.29) is 10.6 Å². The molecule has 0 N–H and O–H groups in total. The van der Waals surface area contributed by atoms with E-state index < -0.39 is 0 Å². The van der Waals surface area contributed by atoms with Crippen LogP contribution >= 0.6 is 31.9 Å². The second-order valence-electron chi connectivity index (χ2n) is 4.38. The first-order chi connectivity index (χ1) is 9.65. The van der Waals surface area contributed by atoms with Crippen LogP contribution in [0.25, 0.3) is 11.1 Å². The van der Waals surface area contributed by atoms with Gasteiger partial charge in [0.2, 0.25) is 0 Å². The molecule has 0 radical (unpaired) electrons. The topological polar surface area (TPSA) is 26.0 Å². The third-order valence-corrected chi connectivity index (χ3v) is 4.48. The SMILES string of the molecule is Fc1cccc(Br)c1C(Br)Cc1nc2ccccc2o1. The highest BCUT2D eigenvalue weighted by atomic mass is 79.9. The number of para-hydroxylation sites is 2. The number of nitrogens with zero attached hydrogens (tertiary/aromatic N) is 1. The van der Waals surface area contributed by atoms with E-state index >= 15 is 0 Å². The number of alkyl halides is 1. The van der Waals surface area contributed by atoms with Gasteiger partial charge in [0.15, 0.2) is 11.5 Å². The van der Waals surface area contributed by atoms with Gasteiger partial charge in [-0.05, 0) is 24.3 Å². The second-order valence-corrected chi connectivity index (χ2v) is 6.34. The zero-order chi connectivity index (χ0) is 14.1. The molecule has 0 aliphatic carbocycles. The van der Waals surface area contributed by atoms with Crippen molar-refractivity contribution in [2.45, 2.75) is 11.2 Å². The standard InChI is InChI=1S/C15H10Br2FNO/c16-9-4-3-5-11(18)15(9)10(17)8-14-19-12-6-1-2-7-13(12)20-14/h1-7,10H,8H2. The highest BCUT2D eigenvalue weighted by Gasteiger charge is 2.19. The molecule has 2 nitrogen and oxygen atoms in total. The van der Waals surface area contributed by atoms with Crippen LogP contribution in [0.3, 0.4) is 0 Å². The molecule has 0 aliphatic heterocycles. The van der Waals surface area contributed by atoms with Crippen LogP contribution in [0, 0.1) is 5.82 Å². The van der Waals surface area contributed by atoms with E-state index in [2.05, 4.69) is 36.8 Å². The molecular formula is C15H10Br2FNO. The van der Waals surface area contributed by atoms with Gasteiger partial charge >= 0.3 is 0 Å². The molecule has 0 fully saturated rings. The number of halogens is 3. The van der Waals surface area contributed by atoms with Crippen molar-refractivity contribution in [3.05, 3.63) is 64.2 Å². The number of fused-ring (bicyclic) bond motifs is 1. The number of benzene rings is 2. The second kappa shape index (κ2) is 5.66. The summed E-state index contributed by atoms with van der Waals surface area (Å²) in [7, 11) is 0. The Morgan fingerprint density at radius 3 is 2.70 bits per heavy atom. The summed E-state index contributed by atoms with van der Waals surface area (Å²) in [6.07, 6.45) is 0.480. The molecule has 5 heteroatoms. The van der Waals surface area contributed by atoms with Gasteiger partial charge in [-0.1, -0.05) is 50.1 Å². The Hall–Kier alpha value is -1.20. The molecule has 0 amide bonds. The van der Waals surface area contributed by atoms with Gasteiger partial charge in [0.05, 0.1) is 4.83 Å². The normalized spacial score (nSPS) is 12.8. The first-order valence-corrected chi connectivity index (χ1v) is 7.78. The Labute approximate surface area is 132 Å². The van der Waals surface area contributed by atoms with E-state index in [0.29, 0.717) is 17.9 Å². The van der Waals surface area contributed by atoms with Gasteiger partial charge in [0, 0.05) is 16.5 Å². The fourth-order valence-corrected chi connectivity index (χ4v) is 3.74. The number of rotatable bonds is 3. The van der Waals surface area contributed by atoms with Crippen molar-refractivity contribution in [2.24, 2.45) is 0 Å². The molecule has 0 bridgehead atoms. The third kappa shape index (κ3) is 2.65. The molecular weight excluding hydrogens is 389 g/mol. The monoisotopic (exact) mass is 397 g/mol. The van der Waals surface area contributed by atoms with Crippen LogP contribution in [0.15, 0.2) is 51.4 Å². The molecule has 1 heterocycles. The first kappa shape index (κ1) is 13.8. The summed E-state index contributed by atoms with van der Waals surface area (Å²) in [6, 6.07) is 12.5. The maximum absolute atomic E-state index is 13.9. The van der Waals surface area contributed by atoms with Gasteiger partial charge < -0.3 is 4.42 Å². The lowest BCUT2D eigenvalue weighted by molar-refractivity contribution is 0.522. The highest BCUT2D eigenvalue weighted by molar-refractivity contribution is 9.11. The first-order valence-electron chi connectivity index (χ1n) is 6.07. The quantitative estimate of drug-likeness (QED) is 0.551. The molecule has 102 valence electrons. The number of oxazole rings is 1. The summed E-state index contributed by atoms with van der Waals surface area (Å²) in [6.45, 7) is 0. The fourth-order valence-electron chi connectivity index (χ4n) is 2.07. The van der Waals surface area contributed by atoms with E-state index in [1.807, 2.05) is 30.3 Å². The zero-order valence-electron chi connectivity index (χ0n) is 10.3. The average Bonchev–Trinajstić information content (AvgIpc) is 2.80. The Morgan fingerprint density at radius 2 is 1.95 bits per heavy atom. The molecule has 1 unspecified atom stereocenters. The minimum Gasteiger partial charge on any atom is -0.441 e. The van der Waals surface area contributed by atoms with E-state index in [1.54, 1.807) is 6.07 Å². The molecule has 0 saturated carbocycles. The lowest BCUT2D eigenvalue weighted by atomic mass is 10.1. The third-order valence-electron chi connectivity index (χ3n) is 3.00. The molecule has 3 aromatic rings. The molecule has 3 rings (SSSR count). The van der Waals surface area contributed by atoms with Crippen LogP contribution in [0.5, 0.6) is 0 Å². The summed E-state index contributed by atoms with van der Waals surface area (Å²) in [5.41, 5.74) is 2.14. The van der Waals surface area contributed by atoms with Crippen molar-refractivity contribution in [1.29, 1.82) is 0 Å². The van der Waals surface area contributed by atoms with Gasteiger partial charge in [-0.15, -0.1) is 0 Å². The summed E-state index contributed by atoms with van der Waals surface area (Å²) in [4.78, 5) is 4.20. The predicted molar refractivity (Wildman–Crippen MR) is 83.5 cm³/mol. The molecule has 20 heavy (non-hydrogen) atoms.